The molecule has 0 bridgehead atoms. The molecule has 1 aliphatic heterocycles. The van der Waals surface area contributed by atoms with Gasteiger partial charge in [-0.25, -0.2) is 19.9 Å². The number of hydrogen-bond acceptors (Lipinski definition) is 9. The van der Waals surface area contributed by atoms with Crippen molar-refractivity contribution in [2.75, 3.05) is 28.7 Å². The van der Waals surface area contributed by atoms with E-state index in [-0.39, 0.29) is 12.5 Å². The fourth-order valence-electron chi connectivity index (χ4n) is 3.90. The van der Waals surface area contributed by atoms with Crippen LogP contribution >= 0.6 is 0 Å². The highest BCUT2D eigenvalue weighted by atomic mass is 16.3. The van der Waals surface area contributed by atoms with Gasteiger partial charge in [-0.15, -0.1) is 0 Å². The number of fused-ring (bicyclic) bond motifs is 1. The predicted molar refractivity (Wildman–Crippen MR) is 137 cm³/mol. The maximum atomic E-state index is 12.8. The van der Waals surface area contributed by atoms with Crippen molar-refractivity contribution < 1.29 is 9.90 Å². The van der Waals surface area contributed by atoms with Gasteiger partial charge in [0.15, 0.2) is 11.6 Å². The van der Waals surface area contributed by atoms with Gasteiger partial charge in [-0.1, -0.05) is 6.07 Å². The molecule has 2 N–H and O–H groups in total. The fraction of sp³-hybridized carbons (Fsp3) is 0.231. The monoisotopic (exact) mass is 482 g/mol. The average molecular weight is 483 g/mol. The number of carbonyl (C=O) groups excluding carboxylic acids is 1. The number of nitrogens with zero attached hydrogens (tertiary/aromatic N) is 7. The summed E-state index contributed by atoms with van der Waals surface area (Å²) >= 11 is 0. The number of hydrogen-bond donors (Lipinski definition) is 2. The van der Waals surface area contributed by atoms with E-state index in [0.717, 1.165) is 17.1 Å². The summed E-state index contributed by atoms with van der Waals surface area (Å²) in [6, 6.07) is 12.9. The van der Waals surface area contributed by atoms with Crippen LogP contribution in [0.3, 0.4) is 0 Å². The van der Waals surface area contributed by atoms with Gasteiger partial charge in [0.2, 0.25) is 5.91 Å². The normalized spacial score (nSPS) is 13.5. The maximum Gasteiger partial charge on any atom is 0.246 e. The standard InChI is InChI=1S/C26H26N8O2/c1-16-6-5-7-19(30-16)24-29-14-20-25(32-24)34(15-23(35)33(20)4)18-9-11-28-22(13-18)31-17-8-10-27-21(12-17)26(2,3)36/h5-14,36H,15H2,1-4H3,(H,27,28,31). The van der Waals surface area contributed by atoms with E-state index < -0.39 is 5.60 Å². The number of anilines is 5. The Labute approximate surface area is 208 Å². The molecule has 0 radical (unpaired) electrons. The summed E-state index contributed by atoms with van der Waals surface area (Å²) in [6.45, 7) is 5.40. The van der Waals surface area contributed by atoms with Gasteiger partial charge in [-0.3, -0.25) is 9.78 Å². The predicted octanol–water partition coefficient (Wildman–Crippen LogP) is 3.72. The highest BCUT2D eigenvalue weighted by Gasteiger charge is 2.30. The molecular weight excluding hydrogens is 456 g/mol. The van der Waals surface area contributed by atoms with Crippen LogP contribution < -0.4 is 15.1 Å². The summed E-state index contributed by atoms with van der Waals surface area (Å²) in [4.78, 5) is 38.7. The van der Waals surface area contributed by atoms with E-state index in [4.69, 9.17) is 4.98 Å². The van der Waals surface area contributed by atoms with Crippen molar-refractivity contribution in [3.05, 3.63) is 72.4 Å². The molecule has 10 nitrogen and oxygen atoms in total. The van der Waals surface area contributed by atoms with Gasteiger partial charge in [0, 0.05) is 42.6 Å². The van der Waals surface area contributed by atoms with E-state index in [1.165, 1.54) is 0 Å². The molecule has 4 aromatic rings. The van der Waals surface area contributed by atoms with Gasteiger partial charge in [0.25, 0.3) is 0 Å². The van der Waals surface area contributed by atoms with Crippen LogP contribution in [0.1, 0.15) is 25.2 Å². The van der Waals surface area contributed by atoms with Crippen molar-refractivity contribution in [3.8, 4) is 11.5 Å². The van der Waals surface area contributed by atoms with Gasteiger partial charge in [0.1, 0.15) is 29.3 Å². The molecule has 5 heterocycles. The Balaban J connectivity index is 1.51. The molecule has 4 aromatic heterocycles. The summed E-state index contributed by atoms with van der Waals surface area (Å²) in [5.74, 6) is 1.58. The summed E-state index contributed by atoms with van der Waals surface area (Å²) in [7, 11) is 1.72. The summed E-state index contributed by atoms with van der Waals surface area (Å²) in [5.41, 5.74) is 3.08. The van der Waals surface area contributed by atoms with Crippen LogP contribution in [0.2, 0.25) is 0 Å². The van der Waals surface area contributed by atoms with Crippen molar-refractivity contribution in [1.82, 2.24) is 24.9 Å². The van der Waals surface area contributed by atoms with Crippen molar-refractivity contribution in [1.29, 1.82) is 0 Å². The minimum Gasteiger partial charge on any atom is -0.384 e. The van der Waals surface area contributed by atoms with Crippen LogP contribution in [0.5, 0.6) is 0 Å². The molecule has 0 fully saturated rings. The SMILES string of the molecule is Cc1cccc(-c2ncc3c(n2)N(c2ccnc(Nc4ccnc(C(C)(C)O)c4)c2)CC(=O)N3C)n1. The lowest BCUT2D eigenvalue weighted by Crippen LogP contribution is -2.42. The number of aryl methyl sites for hydroxylation is 1. The molecule has 0 aromatic carbocycles. The van der Waals surface area contributed by atoms with Crippen LogP contribution in [0, 0.1) is 6.92 Å². The van der Waals surface area contributed by atoms with Crippen LogP contribution in [-0.4, -0.2) is 49.5 Å². The van der Waals surface area contributed by atoms with E-state index in [1.807, 2.05) is 42.2 Å². The van der Waals surface area contributed by atoms with Crippen LogP contribution in [0.4, 0.5) is 28.7 Å². The van der Waals surface area contributed by atoms with Crippen molar-refractivity contribution in [2.45, 2.75) is 26.4 Å². The number of likely N-dealkylation sites (N-methyl/N-ethyl adjacent to an activating group) is 1. The topological polar surface area (TPSA) is 120 Å². The molecule has 0 spiro atoms. The molecule has 182 valence electrons. The molecule has 1 aliphatic rings. The van der Waals surface area contributed by atoms with E-state index in [2.05, 4.69) is 25.3 Å². The Kier molecular flexibility index (Phi) is 5.81. The first kappa shape index (κ1) is 23.3. The Hall–Kier alpha value is -4.44. The maximum absolute atomic E-state index is 12.8. The molecule has 5 rings (SSSR count). The Bertz CT molecular complexity index is 1450. The van der Waals surface area contributed by atoms with E-state index >= 15 is 0 Å². The van der Waals surface area contributed by atoms with Gasteiger partial charge >= 0.3 is 0 Å². The van der Waals surface area contributed by atoms with Gasteiger partial charge < -0.3 is 20.2 Å². The lowest BCUT2D eigenvalue weighted by Gasteiger charge is -2.34. The first-order valence-corrected chi connectivity index (χ1v) is 11.5. The van der Waals surface area contributed by atoms with E-state index in [9.17, 15) is 9.90 Å². The zero-order valence-corrected chi connectivity index (χ0v) is 20.5. The smallest absolute Gasteiger partial charge is 0.246 e. The average Bonchev–Trinajstić information content (AvgIpc) is 2.86. The fourth-order valence-corrected chi connectivity index (χ4v) is 3.90. The number of amides is 1. The minimum absolute atomic E-state index is 0.0807. The number of aliphatic hydroxyl groups is 1. The van der Waals surface area contributed by atoms with Crippen molar-refractivity contribution in [3.63, 3.8) is 0 Å². The van der Waals surface area contributed by atoms with E-state index in [1.54, 1.807) is 56.5 Å². The molecule has 0 saturated carbocycles. The molecule has 10 heteroatoms. The van der Waals surface area contributed by atoms with Gasteiger partial charge in [0.05, 0.1) is 11.9 Å². The molecule has 0 saturated heterocycles. The first-order valence-electron chi connectivity index (χ1n) is 11.5. The zero-order chi connectivity index (χ0) is 25.4. The van der Waals surface area contributed by atoms with Crippen LogP contribution in [0.25, 0.3) is 11.5 Å². The van der Waals surface area contributed by atoms with Crippen LogP contribution in [-0.2, 0) is 10.4 Å². The number of rotatable bonds is 5. The largest absolute Gasteiger partial charge is 0.384 e. The molecule has 0 unspecified atom stereocenters. The molecule has 1 amide bonds. The third-order valence-corrected chi connectivity index (χ3v) is 5.87. The second kappa shape index (κ2) is 8.97. The quantitative estimate of drug-likeness (QED) is 0.438. The second-order valence-corrected chi connectivity index (χ2v) is 9.12. The molecule has 36 heavy (non-hydrogen) atoms. The van der Waals surface area contributed by atoms with Gasteiger partial charge in [-0.05, 0) is 51.1 Å². The van der Waals surface area contributed by atoms with Gasteiger partial charge in [-0.2, -0.15) is 0 Å². The molecule has 0 atom stereocenters. The summed E-state index contributed by atoms with van der Waals surface area (Å²) in [5, 5.41) is 13.5. The highest BCUT2D eigenvalue weighted by molar-refractivity contribution is 6.03. The number of nitrogens with one attached hydrogen (secondary N) is 1. The first-order chi connectivity index (χ1) is 17.2. The number of aromatic nitrogens is 5. The lowest BCUT2D eigenvalue weighted by molar-refractivity contribution is -0.117. The lowest BCUT2D eigenvalue weighted by atomic mass is 10.0. The highest BCUT2D eigenvalue weighted by Crippen LogP contribution is 2.37. The summed E-state index contributed by atoms with van der Waals surface area (Å²) < 4.78 is 0. The van der Waals surface area contributed by atoms with Crippen molar-refractivity contribution >= 4 is 34.6 Å². The Morgan fingerprint density at radius 1 is 1.03 bits per heavy atom. The third kappa shape index (κ3) is 4.58. The zero-order valence-electron chi connectivity index (χ0n) is 20.5. The second-order valence-electron chi connectivity index (χ2n) is 9.12. The summed E-state index contributed by atoms with van der Waals surface area (Å²) in [6.07, 6.45) is 4.95. The van der Waals surface area contributed by atoms with E-state index in [0.29, 0.717) is 34.5 Å². The Morgan fingerprint density at radius 3 is 2.61 bits per heavy atom. The minimum atomic E-state index is -1.07. The molecular formula is C26H26N8O2. The number of pyridine rings is 3. The Morgan fingerprint density at radius 2 is 1.83 bits per heavy atom. The number of carbonyl (C=O) groups is 1. The van der Waals surface area contributed by atoms with Crippen LogP contribution in [0.15, 0.2) is 61.1 Å². The third-order valence-electron chi connectivity index (χ3n) is 5.87. The van der Waals surface area contributed by atoms with Crippen molar-refractivity contribution in [2.24, 2.45) is 0 Å². The molecule has 0 aliphatic carbocycles.